The fourth-order valence-corrected chi connectivity index (χ4v) is 4.44. The highest BCUT2D eigenvalue weighted by Crippen LogP contribution is 2.26. The van der Waals surface area contributed by atoms with E-state index in [1.54, 1.807) is 23.3 Å². The molecule has 0 aliphatic carbocycles. The zero-order valence-corrected chi connectivity index (χ0v) is 16.6. The van der Waals surface area contributed by atoms with Gasteiger partial charge in [-0.15, -0.1) is 11.3 Å². The summed E-state index contributed by atoms with van der Waals surface area (Å²) >= 11 is 3.13. The predicted molar refractivity (Wildman–Crippen MR) is 112 cm³/mol. The van der Waals surface area contributed by atoms with Crippen molar-refractivity contribution in [2.45, 2.75) is 6.54 Å². The normalized spacial score (nSPS) is 10.9. The lowest BCUT2D eigenvalue weighted by Gasteiger charge is -2.16. The molecular formula is C21H18N2O2S2. The molecule has 0 unspecified atom stereocenters. The Morgan fingerprint density at radius 1 is 1.11 bits per heavy atom. The van der Waals surface area contributed by atoms with Crippen LogP contribution in [-0.4, -0.2) is 29.9 Å². The number of nitrogens with zero attached hydrogens (tertiary/aromatic N) is 2. The van der Waals surface area contributed by atoms with Crippen molar-refractivity contribution in [3.05, 3.63) is 69.9 Å². The van der Waals surface area contributed by atoms with Gasteiger partial charge in [-0.05, 0) is 46.0 Å². The third-order valence-corrected chi connectivity index (χ3v) is 5.94. The number of hydrogen-bond acceptors (Lipinski definition) is 5. The smallest absolute Gasteiger partial charge is 0.273 e. The van der Waals surface area contributed by atoms with E-state index in [2.05, 4.69) is 17.1 Å². The fourth-order valence-electron chi connectivity index (χ4n) is 2.93. The second kappa shape index (κ2) is 7.50. The number of hydrogen-bond donors (Lipinski definition) is 0. The molecule has 0 saturated carbocycles. The SMILES string of the molecule is COc1ccc2cc(CN(C)C(=O)c3csc(-c4ccsc4)n3)ccc2c1. The quantitative estimate of drug-likeness (QED) is 0.461. The van der Waals surface area contributed by atoms with E-state index in [0.29, 0.717) is 12.2 Å². The molecule has 2 heterocycles. The summed E-state index contributed by atoms with van der Waals surface area (Å²) in [6.45, 7) is 0.534. The van der Waals surface area contributed by atoms with Crippen LogP contribution in [0.2, 0.25) is 0 Å². The van der Waals surface area contributed by atoms with E-state index < -0.39 is 0 Å². The average molecular weight is 395 g/mol. The summed E-state index contributed by atoms with van der Waals surface area (Å²) in [6.07, 6.45) is 0. The number of thiophene rings is 1. The van der Waals surface area contributed by atoms with Crippen molar-refractivity contribution >= 4 is 39.4 Å². The number of carbonyl (C=O) groups excluding carboxylic acids is 1. The van der Waals surface area contributed by atoms with Gasteiger partial charge < -0.3 is 9.64 Å². The van der Waals surface area contributed by atoms with Crippen LogP contribution in [0.25, 0.3) is 21.3 Å². The minimum atomic E-state index is -0.0671. The molecular weight excluding hydrogens is 376 g/mol. The van der Waals surface area contributed by atoms with Crippen LogP contribution in [0.15, 0.2) is 58.6 Å². The van der Waals surface area contributed by atoms with E-state index in [-0.39, 0.29) is 5.91 Å². The summed E-state index contributed by atoms with van der Waals surface area (Å²) in [5.74, 6) is 0.773. The molecule has 4 rings (SSSR count). The predicted octanol–water partition coefficient (Wildman–Crippen LogP) is 5.31. The Bertz CT molecular complexity index is 1090. The summed E-state index contributed by atoms with van der Waals surface area (Å²) in [5.41, 5.74) is 2.64. The molecule has 4 aromatic rings. The number of fused-ring (bicyclic) bond motifs is 1. The number of carbonyl (C=O) groups is 1. The Morgan fingerprint density at radius 3 is 2.70 bits per heavy atom. The van der Waals surface area contributed by atoms with Crippen LogP contribution in [0.3, 0.4) is 0 Å². The maximum Gasteiger partial charge on any atom is 0.273 e. The Kier molecular flexibility index (Phi) is 4.92. The van der Waals surface area contributed by atoms with Crippen LogP contribution in [-0.2, 0) is 6.54 Å². The number of benzene rings is 2. The molecule has 0 atom stereocenters. The number of rotatable bonds is 5. The molecule has 0 radical (unpaired) electrons. The molecule has 0 aliphatic heterocycles. The lowest BCUT2D eigenvalue weighted by Crippen LogP contribution is -2.26. The minimum absolute atomic E-state index is 0.0671. The van der Waals surface area contributed by atoms with Gasteiger partial charge in [-0.2, -0.15) is 11.3 Å². The van der Waals surface area contributed by atoms with Gasteiger partial charge in [0.15, 0.2) is 0 Å². The van der Waals surface area contributed by atoms with Crippen molar-refractivity contribution in [3.63, 3.8) is 0 Å². The molecule has 27 heavy (non-hydrogen) atoms. The second-order valence-corrected chi connectivity index (χ2v) is 7.90. The van der Waals surface area contributed by atoms with Crippen LogP contribution in [0.5, 0.6) is 5.75 Å². The van der Waals surface area contributed by atoms with Crippen molar-refractivity contribution < 1.29 is 9.53 Å². The van der Waals surface area contributed by atoms with E-state index in [4.69, 9.17) is 4.74 Å². The van der Waals surface area contributed by atoms with Crippen LogP contribution < -0.4 is 4.74 Å². The van der Waals surface area contributed by atoms with E-state index >= 15 is 0 Å². The van der Waals surface area contributed by atoms with Crippen LogP contribution in [0, 0.1) is 0 Å². The van der Waals surface area contributed by atoms with E-state index in [1.807, 2.05) is 53.5 Å². The van der Waals surface area contributed by atoms with Gasteiger partial charge in [-0.1, -0.05) is 18.2 Å². The molecule has 2 aromatic carbocycles. The van der Waals surface area contributed by atoms with Gasteiger partial charge in [-0.3, -0.25) is 4.79 Å². The lowest BCUT2D eigenvalue weighted by molar-refractivity contribution is 0.0780. The van der Waals surface area contributed by atoms with E-state index in [0.717, 1.165) is 32.7 Å². The van der Waals surface area contributed by atoms with Gasteiger partial charge in [0.25, 0.3) is 5.91 Å². The third-order valence-electron chi connectivity index (χ3n) is 4.37. The first-order valence-corrected chi connectivity index (χ1v) is 10.3. The van der Waals surface area contributed by atoms with Gasteiger partial charge in [0, 0.05) is 29.9 Å². The van der Waals surface area contributed by atoms with Gasteiger partial charge >= 0.3 is 0 Å². The number of thiazole rings is 1. The number of amides is 1. The highest BCUT2D eigenvalue weighted by Gasteiger charge is 2.16. The molecule has 136 valence electrons. The molecule has 2 aromatic heterocycles. The zero-order valence-electron chi connectivity index (χ0n) is 15.0. The van der Waals surface area contributed by atoms with Crippen LogP contribution in [0.4, 0.5) is 0 Å². The lowest BCUT2D eigenvalue weighted by atomic mass is 10.1. The van der Waals surface area contributed by atoms with E-state index in [1.165, 1.54) is 11.3 Å². The molecule has 0 spiro atoms. The molecule has 6 heteroatoms. The highest BCUT2D eigenvalue weighted by atomic mass is 32.1. The summed E-state index contributed by atoms with van der Waals surface area (Å²) in [6, 6.07) is 14.2. The number of methoxy groups -OCH3 is 1. The topological polar surface area (TPSA) is 42.4 Å². The van der Waals surface area contributed by atoms with Crippen molar-refractivity contribution in [2.24, 2.45) is 0 Å². The summed E-state index contributed by atoms with van der Waals surface area (Å²) in [5, 5.41) is 9.01. The molecule has 0 fully saturated rings. The number of ether oxygens (including phenoxy) is 1. The standard InChI is InChI=1S/C21H18N2O2S2/c1-23(21(24)19-13-27-20(22-19)17-7-8-26-12-17)11-14-3-4-16-10-18(25-2)6-5-15(16)9-14/h3-10,12-13H,11H2,1-2H3. The van der Waals surface area contributed by atoms with Crippen molar-refractivity contribution in [1.82, 2.24) is 9.88 Å². The Morgan fingerprint density at radius 2 is 1.93 bits per heavy atom. The summed E-state index contributed by atoms with van der Waals surface area (Å²) < 4.78 is 5.27. The van der Waals surface area contributed by atoms with Gasteiger partial charge in [0.1, 0.15) is 16.5 Å². The van der Waals surface area contributed by atoms with Gasteiger partial charge in [-0.25, -0.2) is 4.98 Å². The summed E-state index contributed by atoms with van der Waals surface area (Å²) in [4.78, 5) is 18.9. The van der Waals surface area contributed by atoms with Gasteiger partial charge in [0.2, 0.25) is 0 Å². The monoisotopic (exact) mass is 394 g/mol. The molecule has 0 aliphatic rings. The largest absolute Gasteiger partial charge is 0.497 e. The van der Waals surface area contributed by atoms with Gasteiger partial charge in [0.05, 0.1) is 7.11 Å². The second-order valence-electron chi connectivity index (χ2n) is 6.26. The fraction of sp³-hybridized carbons (Fsp3) is 0.143. The van der Waals surface area contributed by atoms with Crippen LogP contribution >= 0.6 is 22.7 Å². The maximum absolute atomic E-state index is 12.7. The first-order chi connectivity index (χ1) is 13.1. The van der Waals surface area contributed by atoms with E-state index in [9.17, 15) is 4.79 Å². The first-order valence-electron chi connectivity index (χ1n) is 8.44. The summed E-state index contributed by atoms with van der Waals surface area (Å²) in [7, 11) is 3.47. The average Bonchev–Trinajstić information content (AvgIpc) is 3.38. The van der Waals surface area contributed by atoms with Crippen molar-refractivity contribution in [2.75, 3.05) is 14.2 Å². The zero-order chi connectivity index (χ0) is 18.8. The molecule has 0 N–H and O–H groups in total. The number of aromatic nitrogens is 1. The minimum Gasteiger partial charge on any atom is -0.497 e. The molecule has 0 bridgehead atoms. The Hall–Kier alpha value is -2.70. The maximum atomic E-state index is 12.7. The molecule has 4 nitrogen and oxygen atoms in total. The molecule has 1 amide bonds. The third kappa shape index (κ3) is 3.72. The Labute approximate surface area is 165 Å². The first kappa shape index (κ1) is 17.7. The molecule has 0 saturated heterocycles. The van der Waals surface area contributed by atoms with Crippen molar-refractivity contribution in [1.29, 1.82) is 0 Å². The highest BCUT2D eigenvalue weighted by molar-refractivity contribution is 7.14. The van der Waals surface area contributed by atoms with Crippen molar-refractivity contribution in [3.8, 4) is 16.3 Å². The Balaban J connectivity index is 1.50. The van der Waals surface area contributed by atoms with Crippen LogP contribution in [0.1, 0.15) is 16.1 Å².